The molecule has 0 aliphatic carbocycles. The Morgan fingerprint density at radius 2 is 2.33 bits per heavy atom. The molecule has 3 heteroatoms. The molecule has 0 saturated heterocycles. The fraction of sp³-hybridized carbons (Fsp3) is 0.500. The Hall–Kier alpha value is 0.110. The lowest BCUT2D eigenvalue weighted by atomic mass is 10.1. The standard InChI is InChI=1S/C6H8BrNS/c1-4(2)5-3-6(7)9-8-5/h3-4H,1-2H3. The molecule has 0 amide bonds. The van der Waals surface area contributed by atoms with Crippen LogP contribution in [0.5, 0.6) is 0 Å². The Morgan fingerprint density at radius 1 is 1.67 bits per heavy atom. The normalized spacial score (nSPS) is 10.7. The van der Waals surface area contributed by atoms with Crippen molar-refractivity contribution in [3.05, 3.63) is 15.5 Å². The van der Waals surface area contributed by atoms with Crippen LogP contribution in [0.2, 0.25) is 0 Å². The minimum absolute atomic E-state index is 0.549. The van der Waals surface area contributed by atoms with Gasteiger partial charge < -0.3 is 0 Å². The van der Waals surface area contributed by atoms with Gasteiger partial charge in [-0.1, -0.05) is 13.8 Å². The fourth-order valence-corrected chi connectivity index (χ4v) is 1.62. The second-order valence-electron chi connectivity index (χ2n) is 2.21. The zero-order valence-electron chi connectivity index (χ0n) is 5.39. The monoisotopic (exact) mass is 205 g/mol. The maximum Gasteiger partial charge on any atom is 0.0908 e. The Kier molecular flexibility index (Phi) is 2.24. The maximum absolute atomic E-state index is 4.21. The van der Waals surface area contributed by atoms with Crippen LogP contribution in [-0.2, 0) is 0 Å². The summed E-state index contributed by atoms with van der Waals surface area (Å²) < 4.78 is 5.33. The van der Waals surface area contributed by atoms with Gasteiger partial charge >= 0.3 is 0 Å². The Labute approximate surface area is 67.4 Å². The van der Waals surface area contributed by atoms with E-state index in [4.69, 9.17) is 0 Å². The SMILES string of the molecule is CC(C)c1cc(Br)sn1. The zero-order chi connectivity index (χ0) is 6.85. The van der Waals surface area contributed by atoms with Gasteiger partial charge in [0, 0.05) is 0 Å². The van der Waals surface area contributed by atoms with Crippen LogP contribution >= 0.6 is 27.5 Å². The molecule has 1 nitrogen and oxygen atoms in total. The van der Waals surface area contributed by atoms with E-state index in [9.17, 15) is 0 Å². The highest BCUT2D eigenvalue weighted by Crippen LogP contribution is 2.21. The van der Waals surface area contributed by atoms with Crippen molar-refractivity contribution in [2.24, 2.45) is 0 Å². The van der Waals surface area contributed by atoms with Gasteiger partial charge in [-0.2, -0.15) is 4.37 Å². The van der Waals surface area contributed by atoms with Gasteiger partial charge in [-0.15, -0.1) is 0 Å². The number of aromatic nitrogens is 1. The fourth-order valence-electron chi connectivity index (χ4n) is 0.537. The molecule has 0 unspecified atom stereocenters. The topological polar surface area (TPSA) is 12.9 Å². The van der Waals surface area contributed by atoms with Crippen LogP contribution in [-0.4, -0.2) is 4.37 Å². The lowest BCUT2D eigenvalue weighted by molar-refractivity contribution is 0.840. The van der Waals surface area contributed by atoms with Crippen molar-refractivity contribution in [3.63, 3.8) is 0 Å². The van der Waals surface area contributed by atoms with Crippen LogP contribution in [0, 0.1) is 0 Å². The van der Waals surface area contributed by atoms with Crippen LogP contribution in [0.15, 0.2) is 9.85 Å². The van der Waals surface area contributed by atoms with Crippen molar-refractivity contribution in [1.29, 1.82) is 0 Å². The van der Waals surface area contributed by atoms with Crippen molar-refractivity contribution in [3.8, 4) is 0 Å². The summed E-state index contributed by atoms with van der Waals surface area (Å²) in [5.74, 6) is 0.549. The molecule has 0 aromatic carbocycles. The summed E-state index contributed by atoms with van der Waals surface area (Å²) in [5, 5.41) is 0. The second kappa shape index (κ2) is 2.80. The van der Waals surface area contributed by atoms with E-state index in [0.29, 0.717) is 5.92 Å². The summed E-state index contributed by atoms with van der Waals surface area (Å²) in [4.78, 5) is 0. The van der Waals surface area contributed by atoms with E-state index in [1.807, 2.05) is 0 Å². The van der Waals surface area contributed by atoms with Gasteiger partial charge in [-0.25, -0.2) is 0 Å². The molecule has 1 aromatic rings. The molecule has 0 bridgehead atoms. The molecule has 0 aliphatic heterocycles. The molecule has 1 aromatic heterocycles. The summed E-state index contributed by atoms with van der Waals surface area (Å²) in [6.07, 6.45) is 0. The lowest BCUT2D eigenvalue weighted by Crippen LogP contribution is -1.83. The van der Waals surface area contributed by atoms with E-state index in [1.54, 1.807) is 0 Å². The van der Waals surface area contributed by atoms with Gasteiger partial charge in [0.25, 0.3) is 0 Å². The minimum Gasteiger partial charge on any atom is -0.196 e. The highest BCUT2D eigenvalue weighted by Gasteiger charge is 2.01. The molecular formula is C6H8BrNS. The van der Waals surface area contributed by atoms with Crippen molar-refractivity contribution in [2.75, 3.05) is 0 Å². The Morgan fingerprint density at radius 3 is 2.56 bits per heavy atom. The van der Waals surface area contributed by atoms with E-state index in [0.717, 1.165) is 3.79 Å². The number of nitrogens with zero attached hydrogens (tertiary/aromatic N) is 1. The molecule has 1 rings (SSSR count). The van der Waals surface area contributed by atoms with Gasteiger partial charge in [0.2, 0.25) is 0 Å². The first-order chi connectivity index (χ1) is 4.20. The first-order valence-corrected chi connectivity index (χ1v) is 4.39. The van der Waals surface area contributed by atoms with Gasteiger partial charge in [0.1, 0.15) is 0 Å². The highest BCUT2D eigenvalue weighted by molar-refractivity contribution is 9.11. The molecule has 0 saturated carbocycles. The van der Waals surface area contributed by atoms with E-state index < -0.39 is 0 Å². The largest absolute Gasteiger partial charge is 0.196 e. The molecule has 0 fully saturated rings. The van der Waals surface area contributed by atoms with Gasteiger partial charge in [0.05, 0.1) is 9.48 Å². The smallest absolute Gasteiger partial charge is 0.0908 e. The summed E-state index contributed by atoms with van der Waals surface area (Å²) >= 11 is 4.86. The number of halogens is 1. The van der Waals surface area contributed by atoms with Crippen LogP contribution in [0.25, 0.3) is 0 Å². The van der Waals surface area contributed by atoms with Crippen LogP contribution < -0.4 is 0 Å². The Bertz CT molecular complexity index is 195. The minimum atomic E-state index is 0.549. The zero-order valence-corrected chi connectivity index (χ0v) is 7.79. The summed E-state index contributed by atoms with van der Waals surface area (Å²) in [6.45, 7) is 4.28. The van der Waals surface area contributed by atoms with Crippen molar-refractivity contribution in [1.82, 2.24) is 4.37 Å². The van der Waals surface area contributed by atoms with Gasteiger partial charge in [-0.3, -0.25) is 0 Å². The molecular weight excluding hydrogens is 198 g/mol. The number of hydrogen-bond donors (Lipinski definition) is 0. The van der Waals surface area contributed by atoms with Gasteiger partial charge in [0.15, 0.2) is 0 Å². The average Bonchev–Trinajstić information content (AvgIpc) is 2.14. The quantitative estimate of drug-likeness (QED) is 0.688. The molecule has 9 heavy (non-hydrogen) atoms. The van der Waals surface area contributed by atoms with E-state index >= 15 is 0 Å². The third kappa shape index (κ3) is 1.76. The van der Waals surface area contributed by atoms with Crippen LogP contribution in [0.1, 0.15) is 25.5 Å². The number of rotatable bonds is 1. The van der Waals surface area contributed by atoms with E-state index in [-0.39, 0.29) is 0 Å². The third-order valence-electron chi connectivity index (χ3n) is 1.09. The predicted molar refractivity (Wildman–Crippen MR) is 43.9 cm³/mol. The van der Waals surface area contributed by atoms with E-state index in [1.165, 1.54) is 17.2 Å². The van der Waals surface area contributed by atoms with Crippen molar-refractivity contribution < 1.29 is 0 Å². The predicted octanol–water partition coefficient (Wildman–Crippen LogP) is 3.03. The lowest BCUT2D eigenvalue weighted by Gasteiger charge is -1.94. The third-order valence-corrected chi connectivity index (χ3v) is 2.35. The Balaban J connectivity index is 2.85. The van der Waals surface area contributed by atoms with Crippen molar-refractivity contribution in [2.45, 2.75) is 19.8 Å². The molecule has 0 N–H and O–H groups in total. The van der Waals surface area contributed by atoms with Crippen molar-refractivity contribution >= 4 is 27.5 Å². The molecule has 1 heterocycles. The molecule has 0 atom stereocenters. The first-order valence-electron chi connectivity index (χ1n) is 2.82. The first kappa shape index (κ1) is 7.22. The molecule has 0 spiro atoms. The molecule has 0 radical (unpaired) electrons. The molecule has 0 aliphatic rings. The summed E-state index contributed by atoms with van der Waals surface area (Å²) in [7, 11) is 0. The van der Waals surface area contributed by atoms with Crippen LogP contribution in [0.4, 0.5) is 0 Å². The van der Waals surface area contributed by atoms with Crippen LogP contribution in [0.3, 0.4) is 0 Å². The van der Waals surface area contributed by atoms with E-state index in [2.05, 4.69) is 40.2 Å². The van der Waals surface area contributed by atoms with Gasteiger partial charge in [-0.05, 0) is 39.4 Å². The number of hydrogen-bond acceptors (Lipinski definition) is 2. The maximum atomic E-state index is 4.21. The average molecular weight is 206 g/mol. The second-order valence-corrected chi connectivity index (χ2v) is 4.39. The summed E-state index contributed by atoms with van der Waals surface area (Å²) in [6, 6.07) is 2.06. The molecule has 50 valence electrons. The summed E-state index contributed by atoms with van der Waals surface area (Å²) in [5.41, 5.74) is 1.17. The highest BCUT2D eigenvalue weighted by atomic mass is 79.9.